The van der Waals surface area contributed by atoms with Crippen LogP contribution >= 0.6 is 0 Å². The van der Waals surface area contributed by atoms with Gasteiger partial charge in [0.05, 0.1) is 11.6 Å². The summed E-state index contributed by atoms with van der Waals surface area (Å²) in [6.45, 7) is 4.22. The number of hydrogen-bond acceptors (Lipinski definition) is 2. The van der Waals surface area contributed by atoms with Gasteiger partial charge >= 0.3 is 0 Å². The third-order valence-electron chi connectivity index (χ3n) is 2.70. The van der Waals surface area contributed by atoms with Crippen molar-refractivity contribution < 1.29 is 0 Å². The maximum atomic E-state index is 8.92. The van der Waals surface area contributed by atoms with Gasteiger partial charge < -0.3 is 5.73 Å². The van der Waals surface area contributed by atoms with Crippen molar-refractivity contribution in [1.82, 2.24) is 0 Å². The summed E-state index contributed by atoms with van der Waals surface area (Å²) < 4.78 is 0. The average Bonchev–Trinajstić information content (AvgIpc) is 2.26. The molecule has 0 amide bonds. The molecule has 0 fully saturated rings. The molecule has 0 aliphatic rings. The highest BCUT2D eigenvalue weighted by molar-refractivity contribution is 5.39. The van der Waals surface area contributed by atoms with E-state index in [0.717, 1.165) is 12.0 Å². The van der Waals surface area contributed by atoms with Crippen LogP contribution in [0.3, 0.4) is 0 Å². The first-order chi connectivity index (χ1) is 6.70. The zero-order valence-corrected chi connectivity index (χ0v) is 8.70. The fraction of sp³-hybridized carbons (Fsp3) is 0.417. The van der Waals surface area contributed by atoms with Crippen LogP contribution < -0.4 is 5.73 Å². The highest BCUT2D eigenvalue weighted by Gasteiger charge is 2.15. The van der Waals surface area contributed by atoms with Gasteiger partial charge in [-0.25, -0.2) is 0 Å². The van der Waals surface area contributed by atoms with E-state index in [-0.39, 0.29) is 6.04 Å². The van der Waals surface area contributed by atoms with E-state index in [9.17, 15) is 0 Å². The lowest BCUT2D eigenvalue weighted by Gasteiger charge is -2.19. The molecular weight excluding hydrogens is 172 g/mol. The minimum absolute atomic E-state index is 0.0316. The fourth-order valence-electron chi connectivity index (χ4n) is 1.45. The Morgan fingerprint density at radius 3 is 2.64 bits per heavy atom. The lowest BCUT2D eigenvalue weighted by atomic mass is 9.91. The Morgan fingerprint density at radius 1 is 1.43 bits per heavy atom. The van der Waals surface area contributed by atoms with E-state index in [1.54, 1.807) is 0 Å². The van der Waals surface area contributed by atoms with Gasteiger partial charge in [0, 0.05) is 6.04 Å². The van der Waals surface area contributed by atoms with Crippen LogP contribution in [-0.4, -0.2) is 0 Å². The molecule has 0 saturated heterocycles. The summed E-state index contributed by atoms with van der Waals surface area (Å²) >= 11 is 0. The van der Waals surface area contributed by atoms with E-state index in [2.05, 4.69) is 19.9 Å². The highest BCUT2D eigenvalue weighted by Crippen LogP contribution is 2.24. The van der Waals surface area contributed by atoms with Crippen molar-refractivity contribution in [3.8, 4) is 6.07 Å². The van der Waals surface area contributed by atoms with Crippen LogP contribution in [-0.2, 0) is 0 Å². The molecule has 14 heavy (non-hydrogen) atoms. The van der Waals surface area contributed by atoms with Gasteiger partial charge in [0.2, 0.25) is 0 Å². The standard InChI is InChI=1S/C12H16N2/c1-3-9(2)12(14)11-7-5-4-6-10(11)8-13/h4-7,9,12H,3,14H2,1-2H3/t9?,12-/m1/s1. The summed E-state index contributed by atoms with van der Waals surface area (Å²) in [5, 5.41) is 8.92. The van der Waals surface area contributed by atoms with E-state index in [1.807, 2.05) is 24.3 Å². The first-order valence-corrected chi connectivity index (χ1v) is 4.95. The van der Waals surface area contributed by atoms with Crippen LogP contribution in [0.15, 0.2) is 24.3 Å². The predicted octanol–water partition coefficient (Wildman–Crippen LogP) is 2.60. The predicted molar refractivity (Wildman–Crippen MR) is 57.5 cm³/mol. The molecule has 1 unspecified atom stereocenters. The van der Waals surface area contributed by atoms with E-state index >= 15 is 0 Å². The van der Waals surface area contributed by atoms with Gasteiger partial charge in [0.15, 0.2) is 0 Å². The van der Waals surface area contributed by atoms with Gasteiger partial charge in [0.25, 0.3) is 0 Å². The lowest BCUT2D eigenvalue weighted by Crippen LogP contribution is -2.19. The summed E-state index contributed by atoms with van der Waals surface area (Å²) in [5.74, 6) is 0.407. The van der Waals surface area contributed by atoms with Gasteiger partial charge in [-0.3, -0.25) is 0 Å². The SMILES string of the molecule is CCC(C)[C@@H](N)c1ccccc1C#N. The topological polar surface area (TPSA) is 49.8 Å². The van der Waals surface area contributed by atoms with Crippen LogP contribution in [0.4, 0.5) is 0 Å². The molecule has 1 aromatic rings. The molecule has 2 atom stereocenters. The Labute approximate surface area is 85.4 Å². The number of rotatable bonds is 3. The van der Waals surface area contributed by atoms with Crippen molar-refractivity contribution in [1.29, 1.82) is 5.26 Å². The third kappa shape index (κ3) is 2.12. The number of nitrogens with zero attached hydrogens (tertiary/aromatic N) is 1. The molecule has 0 aliphatic heterocycles. The molecule has 0 heterocycles. The van der Waals surface area contributed by atoms with E-state index in [1.165, 1.54) is 0 Å². The van der Waals surface area contributed by atoms with Crippen LogP contribution in [0.1, 0.15) is 37.4 Å². The highest BCUT2D eigenvalue weighted by atomic mass is 14.6. The van der Waals surface area contributed by atoms with Crippen molar-refractivity contribution in [3.05, 3.63) is 35.4 Å². The van der Waals surface area contributed by atoms with Crippen molar-refractivity contribution in [2.75, 3.05) is 0 Å². The molecule has 0 aromatic heterocycles. The first-order valence-electron chi connectivity index (χ1n) is 4.95. The van der Waals surface area contributed by atoms with Crippen LogP contribution in [0.5, 0.6) is 0 Å². The van der Waals surface area contributed by atoms with Gasteiger partial charge in [-0.2, -0.15) is 5.26 Å². The maximum Gasteiger partial charge on any atom is 0.0995 e. The molecule has 0 bridgehead atoms. The molecule has 2 nitrogen and oxygen atoms in total. The average molecular weight is 188 g/mol. The number of hydrogen-bond donors (Lipinski definition) is 1. The third-order valence-corrected chi connectivity index (χ3v) is 2.70. The normalized spacial score (nSPS) is 14.4. The molecule has 1 aromatic carbocycles. The molecule has 1 rings (SSSR count). The Hall–Kier alpha value is -1.33. The number of nitrogens with two attached hydrogens (primary N) is 1. The zero-order chi connectivity index (χ0) is 10.6. The summed E-state index contributed by atoms with van der Waals surface area (Å²) in [4.78, 5) is 0. The van der Waals surface area contributed by atoms with Crippen molar-refractivity contribution in [2.45, 2.75) is 26.3 Å². The maximum absolute atomic E-state index is 8.92. The fourth-order valence-corrected chi connectivity index (χ4v) is 1.45. The van der Waals surface area contributed by atoms with Crippen LogP contribution in [0.25, 0.3) is 0 Å². The lowest BCUT2D eigenvalue weighted by molar-refractivity contribution is 0.456. The molecule has 2 N–H and O–H groups in total. The smallest absolute Gasteiger partial charge is 0.0995 e. The number of benzene rings is 1. The Morgan fingerprint density at radius 2 is 2.07 bits per heavy atom. The second-order valence-corrected chi connectivity index (χ2v) is 3.61. The second kappa shape index (κ2) is 4.78. The summed E-state index contributed by atoms with van der Waals surface area (Å²) in [7, 11) is 0. The molecule has 2 heteroatoms. The molecule has 0 aliphatic carbocycles. The minimum Gasteiger partial charge on any atom is -0.324 e. The van der Waals surface area contributed by atoms with E-state index in [0.29, 0.717) is 11.5 Å². The summed E-state index contributed by atoms with van der Waals surface area (Å²) in [5.41, 5.74) is 7.73. The summed E-state index contributed by atoms with van der Waals surface area (Å²) in [6, 6.07) is 9.70. The van der Waals surface area contributed by atoms with Crippen LogP contribution in [0.2, 0.25) is 0 Å². The zero-order valence-electron chi connectivity index (χ0n) is 8.70. The molecule has 0 saturated carbocycles. The quantitative estimate of drug-likeness (QED) is 0.792. The second-order valence-electron chi connectivity index (χ2n) is 3.61. The minimum atomic E-state index is -0.0316. The number of nitriles is 1. The molecule has 0 radical (unpaired) electrons. The van der Waals surface area contributed by atoms with Gasteiger partial charge in [0.1, 0.15) is 0 Å². The van der Waals surface area contributed by atoms with Gasteiger partial charge in [-0.15, -0.1) is 0 Å². The van der Waals surface area contributed by atoms with Gasteiger partial charge in [-0.1, -0.05) is 38.5 Å². The monoisotopic (exact) mass is 188 g/mol. The molecular formula is C12H16N2. The van der Waals surface area contributed by atoms with Crippen LogP contribution in [0, 0.1) is 17.2 Å². The summed E-state index contributed by atoms with van der Waals surface area (Å²) in [6.07, 6.45) is 1.03. The Bertz CT molecular complexity index is 338. The first kappa shape index (κ1) is 10.7. The Balaban J connectivity index is 3.01. The molecule has 74 valence electrons. The van der Waals surface area contributed by atoms with E-state index < -0.39 is 0 Å². The van der Waals surface area contributed by atoms with Crippen molar-refractivity contribution in [2.24, 2.45) is 11.7 Å². The molecule has 0 spiro atoms. The van der Waals surface area contributed by atoms with Crippen molar-refractivity contribution >= 4 is 0 Å². The Kier molecular flexibility index (Phi) is 3.67. The van der Waals surface area contributed by atoms with E-state index in [4.69, 9.17) is 11.0 Å². The largest absolute Gasteiger partial charge is 0.324 e. The van der Waals surface area contributed by atoms with Gasteiger partial charge in [-0.05, 0) is 17.5 Å². The van der Waals surface area contributed by atoms with Crippen molar-refractivity contribution in [3.63, 3.8) is 0 Å².